The van der Waals surface area contributed by atoms with Gasteiger partial charge < -0.3 is 19.5 Å². The molecule has 0 unspecified atom stereocenters. The van der Waals surface area contributed by atoms with E-state index in [1.165, 1.54) is 5.56 Å². The summed E-state index contributed by atoms with van der Waals surface area (Å²) < 4.78 is 16.6. The third kappa shape index (κ3) is 3.67. The van der Waals surface area contributed by atoms with E-state index in [1.807, 2.05) is 55.5 Å². The number of allylic oxidation sites excluding steroid dienone is 1. The minimum atomic E-state index is -0.160. The lowest BCUT2D eigenvalue weighted by Crippen LogP contribution is -1.99. The molecule has 1 heterocycles. The topological polar surface area (TPSA) is 56.8 Å². The molecule has 0 aromatic heterocycles. The zero-order chi connectivity index (χ0) is 20.4. The molecule has 0 amide bonds. The molecule has 5 nitrogen and oxygen atoms in total. The van der Waals surface area contributed by atoms with E-state index in [-0.39, 0.29) is 11.5 Å². The van der Waals surface area contributed by atoms with Gasteiger partial charge in [-0.25, -0.2) is 0 Å². The van der Waals surface area contributed by atoms with E-state index in [0.717, 1.165) is 11.4 Å². The van der Waals surface area contributed by atoms with Gasteiger partial charge in [-0.2, -0.15) is 0 Å². The number of carbonyl (C=O) groups excluding carboxylic acids is 1. The van der Waals surface area contributed by atoms with E-state index in [0.29, 0.717) is 28.4 Å². The van der Waals surface area contributed by atoms with Gasteiger partial charge in [0.2, 0.25) is 5.78 Å². The van der Waals surface area contributed by atoms with Crippen LogP contribution in [0.4, 0.5) is 11.4 Å². The molecule has 0 bridgehead atoms. The number of anilines is 2. The maximum atomic E-state index is 12.8. The van der Waals surface area contributed by atoms with Crippen LogP contribution in [0.15, 0.2) is 66.4 Å². The summed E-state index contributed by atoms with van der Waals surface area (Å²) in [6.07, 6.45) is 1.68. The molecular weight excluding hydrogens is 366 g/mol. The molecule has 0 fully saturated rings. The fourth-order valence-corrected chi connectivity index (χ4v) is 3.24. The van der Waals surface area contributed by atoms with Gasteiger partial charge in [-0.3, -0.25) is 4.79 Å². The Balaban J connectivity index is 1.62. The second-order valence-corrected chi connectivity index (χ2v) is 6.72. The number of Topliss-reactive ketones (excluding diaryl/α,β-unsaturated/α-hetero) is 1. The van der Waals surface area contributed by atoms with Crippen LogP contribution in [0.1, 0.15) is 21.5 Å². The average molecular weight is 387 g/mol. The van der Waals surface area contributed by atoms with Crippen LogP contribution in [0.25, 0.3) is 6.08 Å². The van der Waals surface area contributed by atoms with E-state index >= 15 is 0 Å². The Morgan fingerprint density at radius 2 is 1.69 bits per heavy atom. The van der Waals surface area contributed by atoms with Gasteiger partial charge in [0, 0.05) is 23.0 Å². The molecule has 0 atom stereocenters. The van der Waals surface area contributed by atoms with Crippen molar-refractivity contribution >= 4 is 23.2 Å². The van der Waals surface area contributed by atoms with Gasteiger partial charge in [-0.1, -0.05) is 29.8 Å². The Bertz CT molecular complexity index is 1100. The van der Waals surface area contributed by atoms with Crippen LogP contribution in [0.2, 0.25) is 0 Å². The first-order chi connectivity index (χ1) is 14.1. The van der Waals surface area contributed by atoms with E-state index in [9.17, 15) is 4.79 Å². The van der Waals surface area contributed by atoms with Crippen LogP contribution in [0, 0.1) is 6.92 Å². The van der Waals surface area contributed by atoms with Gasteiger partial charge >= 0.3 is 0 Å². The van der Waals surface area contributed by atoms with Crippen LogP contribution < -0.4 is 19.5 Å². The highest BCUT2D eigenvalue weighted by Gasteiger charge is 2.28. The molecular formula is C24H21NO4. The van der Waals surface area contributed by atoms with Gasteiger partial charge in [0.25, 0.3) is 0 Å². The Morgan fingerprint density at radius 3 is 2.41 bits per heavy atom. The molecule has 5 heteroatoms. The molecule has 4 rings (SSSR count). The number of hydrogen-bond donors (Lipinski definition) is 1. The standard InChI is InChI=1S/C24H21NO4/c1-15-7-9-17(10-8-15)25-18-11-12-19-21(14-18)29-22(23(19)26)13-16-5-4-6-20(27-2)24(16)28-3/h4-14,25H,1-3H3/b22-13-. The molecule has 0 saturated carbocycles. The molecule has 146 valence electrons. The Kier molecular flexibility index (Phi) is 4.96. The number of ether oxygens (including phenoxy) is 3. The van der Waals surface area contributed by atoms with Crippen molar-refractivity contribution in [1.82, 2.24) is 0 Å². The molecule has 3 aromatic carbocycles. The third-order valence-electron chi connectivity index (χ3n) is 4.73. The van der Waals surface area contributed by atoms with Crippen molar-refractivity contribution in [2.24, 2.45) is 0 Å². The Labute approximate surface area is 169 Å². The first-order valence-corrected chi connectivity index (χ1v) is 9.22. The number of carbonyl (C=O) groups is 1. The van der Waals surface area contributed by atoms with Crippen molar-refractivity contribution in [2.75, 3.05) is 19.5 Å². The van der Waals surface area contributed by atoms with Crippen molar-refractivity contribution in [2.45, 2.75) is 6.92 Å². The Morgan fingerprint density at radius 1 is 0.931 bits per heavy atom. The van der Waals surface area contributed by atoms with Crippen LogP contribution in [-0.2, 0) is 0 Å². The maximum Gasteiger partial charge on any atom is 0.231 e. The smallest absolute Gasteiger partial charge is 0.231 e. The molecule has 0 aliphatic carbocycles. The summed E-state index contributed by atoms with van der Waals surface area (Å²) in [5, 5.41) is 3.33. The summed E-state index contributed by atoms with van der Waals surface area (Å²) in [5.74, 6) is 1.76. The Hall–Kier alpha value is -3.73. The zero-order valence-corrected chi connectivity index (χ0v) is 16.5. The predicted octanol–water partition coefficient (Wildman–Crippen LogP) is 5.37. The minimum Gasteiger partial charge on any atom is -0.493 e. The van der Waals surface area contributed by atoms with Crippen molar-refractivity contribution < 1.29 is 19.0 Å². The largest absolute Gasteiger partial charge is 0.493 e. The second kappa shape index (κ2) is 7.72. The average Bonchev–Trinajstić information content (AvgIpc) is 3.04. The molecule has 0 radical (unpaired) electrons. The lowest BCUT2D eigenvalue weighted by molar-refractivity contribution is 0.101. The van der Waals surface area contributed by atoms with E-state index in [2.05, 4.69) is 5.32 Å². The highest BCUT2D eigenvalue weighted by atomic mass is 16.5. The maximum absolute atomic E-state index is 12.8. The highest BCUT2D eigenvalue weighted by molar-refractivity contribution is 6.14. The fourth-order valence-electron chi connectivity index (χ4n) is 3.24. The highest BCUT2D eigenvalue weighted by Crippen LogP contribution is 2.37. The first-order valence-electron chi connectivity index (χ1n) is 9.22. The normalized spacial score (nSPS) is 13.8. The molecule has 1 aliphatic rings. The molecule has 0 spiro atoms. The van der Waals surface area contributed by atoms with Crippen molar-refractivity contribution in [3.05, 3.63) is 83.1 Å². The van der Waals surface area contributed by atoms with E-state index in [1.54, 1.807) is 32.4 Å². The van der Waals surface area contributed by atoms with Crippen LogP contribution in [0.3, 0.4) is 0 Å². The van der Waals surface area contributed by atoms with Gasteiger partial charge in [0.15, 0.2) is 17.3 Å². The summed E-state index contributed by atoms with van der Waals surface area (Å²) in [7, 11) is 3.14. The summed E-state index contributed by atoms with van der Waals surface area (Å²) >= 11 is 0. The first kappa shape index (κ1) is 18.6. The molecule has 29 heavy (non-hydrogen) atoms. The quantitative estimate of drug-likeness (QED) is 0.596. The van der Waals surface area contributed by atoms with Gasteiger partial charge in [-0.15, -0.1) is 0 Å². The number of para-hydroxylation sites is 1. The molecule has 1 aliphatic heterocycles. The van der Waals surface area contributed by atoms with Crippen LogP contribution in [-0.4, -0.2) is 20.0 Å². The summed E-state index contributed by atoms with van der Waals surface area (Å²) in [5.41, 5.74) is 4.26. The molecule has 3 aromatic rings. The lowest BCUT2D eigenvalue weighted by atomic mass is 10.1. The second-order valence-electron chi connectivity index (χ2n) is 6.72. The summed E-state index contributed by atoms with van der Waals surface area (Å²) in [6.45, 7) is 2.05. The van der Waals surface area contributed by atoms with E-state index < -0.39 is 0 Å². The SMILES string of the molecule is COc1cccc(/C=C2\Oc3cc(Nc4ccc(C)cc4)ccc3C2=O)c1OC. The van der Waals surface area contributed by atoms with Crippen molar-refractivity contribution in [3.63, 3.8) is 0 Å². The number of ketones is 1. The van der Waals surface area contributed by atoms with Crippen LogP contribution in [0.5, 0.6) is 17.2 Å². The number of rotatable bonds is 5. The third-order valence-corrected chi connectivity index (χ3v) is 4.73. The number of hydrogen-bond acceptors (Lipinski definition) is 5. The molecule has 1 N–H and O–H groups in total. The lowest BCUT2D eigenvalue weighted by Gasteiger charge is -2.10. The number of nitrogens with one attached hydrogen (secondary N) is 1. The molecule has 0 saturated heterocycles. The number of fused-ring (bicyclic) bond motifs is 1. The van der Waals surface area contributed by atoms with Crippen molar-refractivity contribution in [1.29, 1.82) is 0 Å². The van der Waals surface area contributed by atoms with Gasteiger partial charge in [0.05, 0.1) is 19.8 Å². The zero-order valence-electron chi connectivity index (χ0n) is 16.5. The van der Waals surface area contributed by atoms with E-state index in [4.69, 9.17) is 14.2 Å². The van der Waals surface area contributed by atoms with Crippen molar-refractivity contribution in [3.8, 4) is 17.2 Å². The van der Waals surface area contributed by atoms with Crippen LogP contribution >= 0.6 is 0 Å². The number of benzene rings is 3. The summed E-state index contributed by atoms with van der Waals surface area (Å²) in [4.78, 5) is 12.8. The van der Waals surface area contributed by atoms with Gasteiger partial charge in [-0.05, 0) is 43.3 Å². The number of aryl methyl sites for hydroxylation is 1. The van der Waals surface area contributed by atoms with Gasteiger partial charge in [0.1, 0.15) is 5.75 Å². The monoisotopic (exact) mass is 387 g/mol. The predicted molar refractivity (Wildman–Crippen MR) is 113 cm³/mol. The number of methoxy groups -OCH3 is 2. The summed E-state index contributed by atoms with van der Waals surface area (Å²) in [6, 6.07) is 19.1. The fraction of sp³-hybridized carbons (Fsp3) is 0.125. The minimum absolute atomic E-state index is 0.160.